The molecule has 0 aliphatic carbocycles. The van der Waals surface area contributed by atoms with Crippen molar-refractivity contribution in [1.82, 2.24) is 0 Å². The van der Waals surface area contributed by atoms with E-state index in [9.17, 15) is 14.7 Å². The number of aliphatic hydroxyl groups excluding tert-OH is 1. The van der Waals surface area contributed by atoms with Crippen LogP contribution in [0.5, 0.6) is 0 Å². The third-order valence-corrected chi connectivity index (χ3v) is 4.41. The van der Waals surface area contributed by atoms with Crippen LogP contribution < -0.4 is 0 Å². The van der Waals surface area contributed by atoms with E-state index in [2.05, 4.69) is 6.92 Å². The molecule has 0 aromatic carbocycles. The van der Waals surface area contributed by atoms with Crippen LogP contribution in [0.2, 0.25) is 0 Å². The maximum absolute atomic E-state index is 10.8. The van der Waals surface area contributed by atoms with Crippen molar-refractivity contribution in [2.75, 3.05) is 0 Å². The quantitative estimate of drug-likeness (QED) is 0.250. The number of aliphatic hydroxyl groups is 1. The molecule has 0 spiro atoms. The van der Waals surface area contributed by atoms with Gasteiger partial charge >= 0.3 is 12.1 Å². The normalized spacial score (nSPS) is 13.4. The molecule has 2 unspecified atom stereocenters. The molecular formula is C19H36O6. The van der Waals surface area contributed by atoms with Crippen LogP contribution in [-0.2, 0) is 9.53 Å². The van der Waals surface area contributed by atoms with Crippen LogP contribution in [-0.4, -0.2) is 39.7 Å². The number of hydrogen-bond donors (Lipinski definition) is 3. The molecule has 0 aliphatic heterocycles. The van der Waals surface area contributed by atoms with E-state index < -0.39 is 24.3 Å². The van der Waals surface area contributed by atoms with Crippen molar-refractivity contribution in [1.29, 1.82) is 0 Å². The summed E-state index contributed by atoms with van der Waals surface area (Å²) in [5.74, 6) is -0.771. The molecule has 0 amide bonds. The van der Waals surface area contributed by atoms with Gasteiger partial charge in [0.15, 0.2) is 0 Å². The zero-order chi connectivity index (χ0) is 18.9. The van der Waals surface area contributed by atoms with E-state index in [0.717, 1.165) is 44.9 Å². The van der Waals surface area contributed by atoms with E-state index in [0.29, 0.717) is 19.3 Å². The molecule has 6 nitrogen and oxygen atoms in total. The molecule has 0 aliphatic rings. The first kappa shape index (κ1) is 23.7. The van der Waals surface area contributed by atoms with E-state index >= 15 is 0 Å². The van der Waals surface area contributed by atoms with Crippen molar-refractivity contribution in [2.45, 2.75) is 109 Å². The number of carboxylic acid groups (broad SMARTS) is 2. The lowest BCUT2D eigenvalue weighted by molar-refractivity contribution is -0.137. The summed E-state index contributed by atoms with van der Waals surface area (Å²) in [4.78, 5) is 21.2. The number of ether oxygens (including phenoxy) is 1. The Kier molecular flexibility index (Phi) is 15.3. The Morgan fingerprint density at radius 1 is 0.800 bits per heavy atom. The van der Waals surface area contributed by atoms with Gasteiger partial charge in [0.2, 0.25) is 0 Å². The van der Waals surface area contributed by atoms with Crippen LogP contribution >= 0.6 is 0 Å². The molecule has 148 valence electrons. The first-order valence-corrected chi connectivity index (χ1v) is 9.76. The fraction of sp³-hybridized carbons (Fsp3) is 0.895. The van der Waals surface area contributed by atoms with Gasteiger partial charge in [-0.15, -0.1) is 0 Å². The summed E-state index contributed by atoms with van der Waals surface area (Å²) in [7, 11) is 0. The summed E-state index contributed by atoms with van der Waals surface area (Å²) in [5.41, 5.74) is 0. The maximum atomic E-state index is 10.8. The second-order valence-corrected chi connectivity index (χ2v) is 6.75. The van der Waals surface area contributed by atoms with E-state index in [1.807, 2.05) is 0 Å². The van der Waals surface area contributed by atoms with E-state index in [1.165, 1.54) is 19.3 Å². The second-order valence-electron chi connectivity index (χ2n) is 6.75. The fourth-order valence-corrected chi connectivity index (χ4v) is 2.93. The number of aliphatic carboxylic acids is 1. The van der Waals surface area contributed by atoms with Crippen molar-refractivity contribution in [3.8, 4) is 0 Å². The summed E-state index contributed by atoms with van der Waals surface area (Å²) in [6.07, 6.45) is 9.41. The summed E-state index contributed by atoms with van der Waals surface area (Å²) in [6.45, 7) is 2.17. The topological polar surface area (TPSA) is 104 Å². The van der Waals surface area contributed by atoms with Gasteiger partial charge in [-0.1, -0.05) is 64.7 Å². The van der Waals surface area contributed by atoms with Gasteiger partial charge in [0.1, 0.15) is 6.10 Å². The lowest BCUT2D eigenvalue weighted by Gasteiger charge is -2.22. The predicted octanol–water partition coefficient (Wildman–Crippen LogP) is 4.98. The van der Waals surface area contributed by atoms with E-state index in [1.54, 1.807) is 0 Å². The smallest absolute Gasteiger partial charge is 0.481 e. The summed E-state index contributed by atoms with van der Waals surface area (Å²) in [5, 5.41) is 27.6. The Morgan fingerprint density at radius 3 is 1.88 bits per heavy atom. The first-order valence-electron chi connectivity index (χ1n) is 9.76. The highest BCUT2D eigenvalue weighted by molar-refractivity contribution is 5.66. The standard InChI is InChI=1S/C19H36O6/c1-2-3-4-5-7-10-13-16(20)17(25-19(23)24)14-11-8-6-9-12-15-18(21)22/h16-17,20H,2-15H2,1H3,(H,21,22)(H,23,24). The molecule has 2 atom stereocenters. The monoisotopic (exact) mass is 360 g/mol. The average molecular weight is 360 g/mol. The molecule has 0 rings (SSSR count). The highest BCUT2D eigenvalue weighted by Gasteiger charge is 2.22. The molecule has 0 aromatic rings. The van der Waals surface area contributed by atoms with Gasteiger partial charge < -0.3 is 20.1 Å². The van der Waals surface area contributed by atoms with Crippen molar-refractivity contribution in [3.05, 3.63) is 0 Å². The van der Waals surface area contributed by atoms with Gasteiger partial charge in [0.25, 0.3) is 0 Å². The van der Waals surface area contributed by atoms with Crippen LogP contribution in [0.3, 0.4) is 0 Å². The second kappa shape index (κ2) is 16.2. The summed E-state index contributed by atoms with van der Waals surface area (Å²) >= 11 is 0. The number of unbranched alkanes of at least 4 members (excludes halogenated alkanes) is 9. The fourth-order valence-electron chi connectivity index (χ4n) is 2.93. The van der Waals surface area contributed by atoms with E-state index in [4.69, 9.17) is 14.9 Å². The van der Waals surface area contributed by atoms with Crippen LogP contribution in [0.15, 0.2) is 0 Å². The van der Waals surface area contributed by atoms with E-state index in [-0.39, 0.29) is 6.42 Å². The zero-order valence-corrected chi connectivity index (χ0v) is 15.6. The third kappa shape index (κ3) is 15.9. The van der Waals surface area contributed by atoms with Crippen molar-refractivity contribution >= 4 is 12.1 Å². The Balaban J connectivity index is 3.89. The lowest BCUT2D eigenvalue weighted by atomic mass is 9.99. The third-order valence-electron chi connectivity index (χ3n) is 4.41. The molecule has 25 heavy (non-hydrogen) atoms. The molecule has 0 saturated heterocycles. The SMILES string of the molecule is CCCCCCCCC(O)C(CCCCCCCC(=O)O)OC(=O)O. The molecule has 3 N–H and O–H groups in total. The minimum absolute atomic E-state index is 0.196. The number of carbonyl (C=O) groups is 2. The van der Waals surface area contributed by atoms with Crippen molar-refractivity contribution in [3.63, 3.8) is 0 Å². The minimum atomic E-state index is -1.34. The average Bonchev–Trinajstić information content (AvgIpc) is 2.55. The Morgan fingerprint density at radius 2 is 1.32 bits per heavy atom. The molecule has 0 bridgehead atoms. The van der Waals surface area contributed by atoms with Gasteiger partial charge in [-0.05, 0) is 25.7 Å². The largest absolute Gasteiger partial charge is 0.506 e. The number of rotatable bonds is 17. The van der Waals surface area contributed by atoms with Crippen LogP contribution in [0.25, 0.3) is 0 Å². The van der Waals surface area contributed by atoms with Gasteiger partial charge in [0.05, 0.1) is 6.10 Å². The molecular weight excluding hydrogens is 324 g/mol. The van der Waals surface area contributed by atoms with Crippen LogP contribution in [0.4, 0.5) is 4.79 Å². The summed E-state index contributed by atoms with van der Waals surface area (Å²) in [6, 6.07) is 0. The highest BCUT2D eigenvalue weighted by Crippen LogP contribution is 2.17. The van der Waals surface area contributed by atoms with Crippen molar-refractivity contribution in [2.24, 2.45) is 0 Å². The Bertz CT molecular complexity index is 345. The molecule has 6 heteroatoms. The van der Waals surface area contributed by atoms with Gasteiger partial charge in [-0.2, -0.15) is 0 Å². The zero-order valence-electron chi connectivity index (χ0n) is 15.6. The van der Waals surface area contributed by atoms with Gasteiger partial charge in [-0.25, -0.2) is 4.79 Å². The van der Waals surface area contributed by atoms with Gasteiger partial charge in [-0.3, -0.25) is 4.79 Å². The maximum Gasteiger partial charge on any atom is 0.506 e. The predicted molar refractivity (Wildman–Crippen MR) is 96.9 cm³/mol. The molecule has 0 aromatic heterocycles. The molecule has 0 heterocycles. The molecule has 0 saturated carbocycles. The highest BCUT2D eigenvalue weighted by atomic mass is 16.7. The minimum Gasteiger partial charge on any atom is -0.481 e. The Labute approximate surface area is 151 Å². The summed E-state index contributed by atoms with van der Waals surface area (Å²) < 4.78 is 4.86. The van der Waals surface area contributed by atoms with Crippen LogP contribution in [0.1, 0.15) is 96.8 Å². The number of carboxylic acids is 1. The number of hydrogen-bond acceptors (Lipinski definition) is 4. The lowest BCUT2D eigenvalue weighted by Crippen LogP contribution is -2.31. The first-order chi connectivity index (χ1) is 12.0. The van der Waals surface area contributed by atoms with Crippen molar-refractivity contribution < 1.29 is 29.6 Å². The molecule has 0 fully saturated rings. The Hall–Kier alpha value is -1.30. The van der Waals surface area contributed by atoms with Gasteiger partial charge in [0, 0.05) is 6.42 Å². The molecule has 0 radical (unpaired) electrons. The van der Waals surface area contributed by atoms with Crippen LogP contribution in [0, 0.1) is 0 Å².